The first kappa shape index (κ1) is 19.6. The third-order valence-corrected chi connectivity index (χ3v) is 7.73. The highest BCUT2D eigenvalue weighted by Crippen LogP contribution is 2.62. The van der Waals surface area contributed by atoms with Crippen molar-refractivity contribution >= 4 is 11.8 Å². The molecule has 9 nitrogen and oxygen atoms in total. The Kier molecular flexibility index (Phi) is 3.94. The maximum atomic E-state index is 15.2. The van der Waals surface area contributed by atoms with Crippen molar-refractivity contribution in [1.82, 2.24) is 20.0 Å². The maximum Gasteiger partial charge on any atom is 0.415 e. The lowest BCUT2D eigenvalue weighted by Gasteiger charge is -2.16. The summed E-state index contributed by atoms with van der Waals surface area (Å²) >= 11 is 0. The van der Waals surface area contributed by atoms with Crippen molar-refractivity contribution < 1.29 is 18.7 Å². The predicted molar refractivity (Wildman–Crippen MR) is 115 cm³/mol. The number of rotatable bonds is 4. The molecule has 3 aliphatic heterocycles. The van der Waals surface area contributed by atoms with Gasteiger partial charge in [-0.3, -0.25) is 9.88 Å². The van der Waals surface area contributed by atoms with Gasteiger partial charge in [-0.05, 0) is 30.2 Å². The summed E-state index contributed by atoms with van der Waals surface area (Å²) in [4.78, 5) is 18.7. The Bertz CT molecular complexity index is 1340. The molecule has 0 spiro atoms. The molecule has 2 saturated heterocycles. The highest BCUT2D eigenvalue weighted by molar-refractivity contribution is 5.94. The van der Waals surface area contributed by atoms with Crippen molar-refractivity contribution in [3.8, 4) is 17.2 Å². The van der Waals surface area contributed by atoms with Gasteiger partial charge in [-0.15, -0.1) is 5.10 Å². The van der Waals surface area contributed by atoms with E-state index in [1.807, 2.05) is 12.1 Å². The van der Waals surface area contributed by atoms with Gasteiger partial charge < -0.3 is 9.47 Å². The zero-order valence-electron chi connectivity index (χ0n) is 18.0. The molecule has 0 radical (unpaired) electrons. The van der Waals surface area contributed by atoms with Crippen LogP contribution in [-0.2, 0) is 27.9 Å². The summed E-state index contributed by atoms with van der Waals surface area (Å²) in [5.74, 6) is -0.0642. The van der Waals surface area contributed by atoms with Gasteiger partial charge in [0.15, 0.2) is 0 Å². The van der Waals surface area contributed by atoms with Gasteiger partial charge in [0.1, 0.15) is 17.3 Å². The minimum absolute atomic E-state index is 0.186. The van der Waals surface area contributed by atoms with E-state index in [0.717, 1.165) is 11.3 Å². The number of nitriles is 1. The average molecular weight is 458 g/mol. The molecule has 34 heavy (non-hydrogen) atoms. The highest BCUT2D eigenvalue weighted by atomic mass is 19.1. The summed E-state index contributed by atoms with van der Waals surface area (Å²) in [7, 11) is 0. The molecule has 1 amide bonds. The lowest BCUT2D eigenvalue weighted by Crippen LogP contribution is -2.35. The number of ether oxygens (including phenoxy) is 2. The number of amides is 1. The molecule has 10 heteroatoms. The number of hydrogen-bond donors (Lipinski definition) is 0. The minimum Gasteiger partial charge on any atom is -0.442 e. The summed E-state index contributed by atoms with van der Waals surface area (Å²) in [6.45, 7) is 1.55. The molecule has 3 fully saturated rings. The van der Waals surface area contributed by atoms with Crippen LogP contribution in [0.2, 0.25) is 0 Å². The molecule has 0 N–H and O–H groups in total. The van der Waals surface area contributed by atoms with Gasteiger partial charge in [0.25, 0.3) is 0 Å². The number of cyclic esters (lactones) is 1. The van der Waals surface area contributed by atoms with E-state index in [4.69, 9.17) is 9.47 Å². The molecule has 2 aromatic heterocycles. The molecular weight excluding hydrogens is 439 g/mol. The quantitative estimate of drug-likeness (QED) is 0.591. The van der Waals surface area contributed by atoms with E-state index < -0.39 is 23.4 Å². The standard InChI is InChI=1S/C24H19FN6O3/c25-18-7-19-14(6-20-21(34-23(32)31(19)20)9-30-4-3-28-29-30)5-15(18)13-1-2-22(27-8-13)24(12-26)16-10-33-11-17(16)24/h1-5,7-8,16-17,20-21H,6,9-11H2/t16-,17+,20-,21-,24+/m0/s1. The van der Waals surface area contributed by atoms with Crippen LogP contribution >= 0.6 is 0 Å². The zero-order valence-corrected chi connectivity index (χ0v) is 18.0. The van der Waals surface area contributed by atoms with Gasteiger partial charge in [-0.2, -0.15) is 5.26 Å². The van der Waals surface area contributed by atoms with Crippen molar-refractivity contribution in [3.05, 3.63) is 59.9 Å². The Morgan fingerprint density at radius 3 is 2.82 bits per heavy atom. The van der Waals surface area contributed by atoms with Crippen LogP contribution in [0.5, 0.6) is 0 Å². The molecule has 3 aromatic rings. The van der Waals surface area contributed by atoms with Crippen LogP contribution < -0.4 is 4.90 Å². The second-order valence-corrected chi connectivity index (χ2v) is 9.31. The molecule has 0 unspecified atom stereocenters. The molecule has 0 bridgehead atoms. The van der Waals surface area contributed by atoms with Crippen molar-refractivity contribution in [3.63, 3.8) is 0 Å². The van der Waals surface area contributed by atoms with E-state index in [2.05, 4.69) is 21.4 Å². The van der Waals surface area contributed by atoms with Crippen LogP contribution in [0.25, 0.3) is 11.1 Å². The average Bonchev–Trinajstić information content (AvgIpc) is 3.45. The Balaban J connectivity index is 1.18. The van der Waals surface area contributed by atoms with Crippen molar-refractivity contribution in [2.75, 3.05) is 18.1 Å². The smallest absolute Gasteiger partial charge is 0.415 e. The third-order valence-electron chi connectivity index (χ3n) is 7.73. The van der Waals surface area contributed by atoms with Gasteiger partial charge in [0.05, 0.1) is 49.4 Å². The monoisotopic (exact) mass is 458 g/mol. The molecule has 5 atom stereocenters. The Morgan fingerprint density at radius 2 is 2.12 bits per heavy atom. The second kappa shape index (κ2) is 6.84. The fourth-order valence-electron chi connectivity index (χ4n) is 5.94. The predicted octanol–water partition coefficient (Wildman–Crippen LogP) is 2.47. The minimum atomic E-state index is -0.586. The normalized spacial score (nSPS) is 30.5. The van der Waals surface area contributed by atoms with Crippen molar-refractivity contribution in [2.24, 2.45) is 11.8 Å². The number of carbonyl (C=O) groups excluding carboxylic acids is 1. The van der Waals surface area contributed by atoms with E-state index >= 15 is 4.39 Å². The lowest BCUT2D eigenvalue weighted by atomic mass is 9.95. The lowest BCUT2D eigenvalue weighted by molar-refractivity contribution is 0.117. The van der Waals surface area contributed by atoms with Gasteiger partial charge in [-0.25, -0.2) is 13.9 Å². The number of halogens is 1. The number of carbonyl (C=O) groups is 1. The summed E-state index contributed by atoms with van der Waals surface area (Å²) < 4.78 is 27.8. The van der Waals surface area contributed by atoms with Crippen LogP contribution in [-0.4, -0.2) is 51.4 Å². The van der Waals surface area contributed by atoms with Crippen LogP contribution in [0.15, 0.2) is 42.9 Å². The molecule has 1 aliphatic carbocycles. The summed E-state index contributed by atoms with van der Waals surface area (Å²) in [5, 5.41) is 17.5. The first-order valence-corrected chi connectivity index (χ1v) is 11.2. The number of anilines is 1. The molecule has 5 heterocycles. The molecule has 7 rings (SSSR count). The van der Waals surface area contributed by atoms with Gasteiger partial charge in [-0.1, -0.05) is 11.3 Å². The first-order chi connectivity index (χ1) is 16.6. The largest absolute Gasteiger partial charge is 0.442 e. The van der Waals surface area contributed by atoms with E-state index in [-0.39, 0.29) is 17.9 Å². The SMILES string of the molecule is N#C[C@]1(c2ccc(-c3cc4c(cc3F)N3C(=O)O[C@@H](Cn5ccnn5)[C@@H]3C4)cn2)[C@@H]2COC[C@@H]21. The van der Waals surface area contributed by atoms with E-state index in [9.17, 15) is 10.1 Å². The topological polar surface area (TPSA) is 106 Å². The zero-order chi connectivity index (χ0) is 23.0. The number of pyridine rings is 1. The summed E-state index contributed by atoms with van der Waals surface area (Å²) in [5.41, 5.74) is 2.61. The maximum absolute atomic E-state index is 15.2. The number of fused-ring (bicyclic) bond motifs is 4. The van der Waals surface area contributed by atoms with Crippen LogP contribution in [0.4, 0.5) is 14.9 Å². The number of aromatic nitrogens is 4. The van der Waals surface area contributed by atoms with Crippen molar-refractivity contribution in [2.45, 2.75) is 30.5 Å². The van der Waals surface area contributed by atoms with Crippen molar-refractivity contribution in [1.29, 1.82) is 5.26 Å². The molecular formula is C24H19FN6O3. The third kappa shape index (κ3) is 2.56. The molecule has 1 aromatic carbocycles. The number of benzene rings is 1. The molecule has 4 aliphatic rings. The van der Waals surface area contributed by atoms with Gasteiger partial charge in [0, 0.05) is 35.4 Å². The van der Waals surface area contributed by atoms with Crippen LogP contribution in [0.3, 0.4) is 0 Å². The van der Waals surface area contributed by atoms with E-state index in [1.165, 1.54) is 11.0 Å². The summed E-state index contributed by atoms with van der Waals surface area (Å²) in [6.07, 6.45) is 4.59. The Labute approximate surface area is 193 Å². The fraction of sp³-hybridized carbons (Fsp3) is 0.375. The van der Waals surface area contributed by atoms with Gasteiger partial charge >= 0.3 is 6.09 Å². The van der Waals surface area contributed by atoms with Gasteiger partial charge in [0.2, 0.25) is 0 Å². The number of hydrogen-bond acceptors (Lipinski definition) is 7. The van der Waals surface area contributed by atoms with Crippen LogP contribution in [0.1, 0.15) is 11.3 Å². The van der Waals surface area contributed by atoms with E-state index in [1.54, 1.807) is 29.3 Å². The molecule has 170 valence electrons. The fourth-order valence-corrected chi connectivity index (χ4v) is 5.94. The molecule has 1 saturated carbocycles. The Morgan fingerprint density at radius 1 is 1.26 bits per heavy atom. The Hall–Kier alpha value is -3.84. The van der Waals surface area contributed by atoms with Crippen LogP contribution in [0, 0.1) is 29.0 Å². The summed E-state index contributed by atoms with van der Waals surface area (Å²) in [6, 6.07) is 9.05. The highest BCUT2D eigenvalue weighted by Gasteiger charge is 2.70. The first-order valence-electron chi connectivity index (χ1n) is 11.2. The second-order valence-electron chi connectivity index (χ2n) is 9.31. The van der Waals surface area contributed by atoms with E-state index in [0.29, 0.717) is 43.0 Å². The number of nitrogens with zero attached hydrogens (tertiary/aromatic N) is 6.